The number of aryl methyl sites for hydroxylation is 1. The van der Waals surface area contributed by atoms with Crippen molar-refractivity contribution < 1.29 is 9.53 Å². The Balaban J connectivity index is 2.90. The molecule has 16 heavy (non-hydrogen) atoms. The molecule has 4 nitrogen and oxygen atoms in total. The summed E-state index contributed by atoms with van der Waals surface area (Å²) in [5.41, 5.74) is 0. The molecule has 0 aromatic carbocycles. The number of rotatable bonds is 6. The minimum absolute atomic E-state index is 0.0244. The zero-order valence-corrected chi connectivity index (χ0v) is 10.4. The SMILES string of the molecule is CCOC(C(=O)c1nccn1CC)C(C)C. The summed E-state index contributed by atoms with van der Waals surface area (Å²) in [5, 5.41) is 0. The van der Waals surface area contributed by atoms with Crippen LogP contribution in [0.4, 0.5) is 0 Å². The molecule has 4 heteroatoms. The van der Waals surface area contributed by atoms with Gasteiger partial charge in [-0.05, 0) is 19.8 Å². The van der Waals surface area contributed by atoms with Gasteiger partial charge >= 0.3 is 0 Å². The zero-order valence-electron chi connectivity index (χ0n) is 10.4. The molecule has 0 fully saturated rings. The predicted octanol–water partition coefficient (Wildman–Crippen LogP) is 2.15. The lowest BCUT2D eigenvalue weighted by atomic mass is 10.0. The molecule has 0 aliphatic carbocycles. The van der Waals surface area contributed by atoms with Gasteiger partial charge in [0.1, 0.15) is 6.10 Å². The zero-order chi connectivity index (χ0) is 12.1. The van der Waals surface area contributed by atoms with Gasteiger partial charge in [0, 0.05) is 25.5 Å². The predicted molar refractivity (Wildman–Crippen MR) is 62.5 cm³/mol. The minimum Gasteiger partial charge on any atom is -0.370 e. The molecule has 0 amide bonds. The second-order valence-electron chi connectivity index (χ2n) is 4.02. The van der Waals surface area contributed by atoms with E-state index in [4.69, 9.17) is 4.74 Å². The highest BCUT2D eigenvalue weighted by atomic mass is 16.5. The number of imidazole rings is 1. The first-order valence-electron chi connectivity index (χ1n) is 5.78. The van der Waals surface area contributed by atoms with Gasteiger partial charge in [-0.2, -0.15) is 0 Å². The van der Waals surface area contributed by atoms with E-state index in [1.807, 2.05) is 38.5 Å². The highest BCUT2D eigenvalue weighted by Gasteiger charge is 2.26. The first-order chi connectivity index (χ1) is 7.61. The van der Waals surface area contributed by atoms with E-state index >= 15 is 0 Å². The van der Waals surface area contributed by atoms with Gasteiger partial charge in [0.05, 0.1) is 0 Å². The third-order valence-electron chi connectivity index (χ3n) is 2.49. The number of ether oxygens (including phenoxy) is 1. The Morgan fingerprint density at radius 3 is 2.69 bits per heavy atom. The van der Waals surface area contributed by atoms with Crippen molar-refractivity contribution in [3.63, 3.8) is 0 Å². The summed E-state index contributed by atoms with van der Waals surface area (Å²) in [6.45, 7) is 9.15. The highest BCUT2D eigenvalue weighted by Crippen LogP contribution is 2.13. The molecule has 0 saturated carbocycles. The largest absolute Gasteiger partial charge is 0.370 e. The van der Waals surface area contributed by atoms with Gasteiger partial charge in [-0.15, -0.1) is 0 Å². The quantitative estimate of drug-likeness (QED) is 0.695. The first-order valence-corrected chi connectivity index (χ1v) is 5.78. The molecule has 0 aliphatic heterocycles. The number of ketones is 1. The van der Waals surface area contributed by atoms with Crippen molar-refractivity contribution in [2.24, 2.45) is 5.92 Å². The summed E-state index contributed by atoms with van der Waals surface area (Å²) < 4.78 is 7.33. The van der Waals surface area contributed by atoms with Crippen LogP contribution in [-0.2, 0) is 11.3 Å². The Labute approximate surface area is 96.6 Å². The van der Waals surface area contributed by atoms with E-state index < -0.39 is 6.10 Å². The summed E-state index contributed by atoms with van der Waals surface area (Å²) >= 11 is 0. The number of aromatic nitrogens is 2. The smallest absolute Gasteiger partial charge is 0.227 e. The van der Waals surface area contributed by atoms with Crippen molar-refractivity contribution in [1.82, 2.24) is 9.55 Å². The summed E-state index contributed by atoms with van der Waals surface area (Å²) in [6, 6.07) is 0. The summed E-state index contributed by atoms with van der Waals surface area (Å²) in [4.78, 5) is 16.3. The van der Waals surface area contributed by atoms with Crippen molar-refractivity contribution in [1.29, 1.82) is 0 Å². The molecule has 0 N–H and O–H groups in total. The summed E-state index contributed by atoms with van der Waals surface area (Å²) in [7, 11) is 0. The molecular weight excluding hydrogens is 204 g/mol. The molecule has 0 saturated heterocycles. The lowest BCUT2D eigenvalue weighted by molar-refractivity contribution is 0.0268. The summed E-state index contributed by atoms with van der Waals surface area (Å²) in [6.07, 6.45) is 3.08. The van der Waals surface area contributed by atoms with Crippen molar-refractivity contribution in [3.05, 3.63) is 18.2 Å². The molecule has 0 bridgehead atoms. The van der Waals surface area contributed by atoms with E-state index in [0.717, 1.165) is 6.54 Å². The van der Waals surface area contributed by atoms with Gasteiger partial charge in [-0.25, -0.2) is 4.98 Å². The third-order valence-corrected chi connectivity index (χ3v) is 2.49. The lowest BCUT2D eigenvalue weighted by Crippen LogP contribution is -2.32. The van der Waals surface area contributed by atoms with Crippen LogP contribution in [-0.4, -0.2) is 28.0 Å². The Bertz CT molecular complexity index is 345. The third kappa shape index (κ3) is 2.70. The fourth-order valence-corrected chi connectivity index (χ4v) is 1.67. The normalized spacial score (nSPS) is 13.1. The van der Waals surface area contributed by atoms with Crippen molar-refractivity contribution in [2.75, 3.05) is 6.61 Å². The number of carbonyl (C=O) groups excluding carboxylic acids is 1. The molecule has 0 spiro atoms. The van der Waals surface area contributed by atoms with Crippen molar-refractivity contribution >= 4 is 5.78 Å². The fraction of sp³-hybridized carbons (Fsp3) is 0.667. The van der Waals surface area contributed by atoms with Gasteiger partial charge in [-0.1, -0.05) is 13.8 Å². The Morgan fingerprint density at radius 1 is 1.50 bits per heavy atom. The van der Waals surface area contributed by atoms with E-state index in [0.29, 0.717) is 12.4 Å². The van der Waals surface area contributed by atoms with Crippen LogP contribution in [0.25, 0.3) is 0 Å². The van der Waals surface area contributed by atoms with Gasteiger partial charge in [0.25, 0.3) is 0 Å². The number of carbonyl (C=O) groups is 1. The van der Waals surface area contributed by atoms with Crippen LogP contribution in [0.15, 0.2) is 12.4 Å². The second kappa shape index (κ2) is 5.80. The maximum absolute atomic E-state index is 12.2. The number of hydrogen-bond acceptors (Lipinski definition) is 3. The molecule has 1 rings (SSSR count). The van der Waals surface area contributed by atoms with E-state index in [1.165, 1.54) is 0 Å². The van der Waals surface area contributed by atoms with Crippen LogP contribution in [0.1, 0.15) is 38.3 Å². The number of nitrogens with zero attached hydrogens (tertiary/aromatic N) is 2. The average Bonchev–Trinajstić information content (AvgIpc) is 2.72. The van der Waals surface area contributed by atoms with E-state index in [2.05, 4.69) is 4.98 Å². The molecule has 90 valence electrons. The van der Waals surface area contributed by atoms with Crippen LogP contribution in [0.5, 0.6) is 0 Å². The van der Waals surface area contributed by atoms with Crippen LogP contribution in [0, 0.1) is 5.92 Å². The van der Waals surface area contributed by atoms with E-state index in [9.17, 15) is 4.79 Å². The van der Waals surface area contributed by atoms with Crippen LogP contribution >= 0.6 is 0 Å². The summed E-state index contributed by atoms with van der Waals surface area (Å²) in [5.74, 6) is 0.632. The van der Waals surface area contributed by atoms with Crippen LogP contribution in [0.3, 0.4) is 0 Å². The van der Waals surface area contributed by atoms with Gasteiger partial charge < -0.3 is 9.30 Å². The highest BCUT2D eigenvalue weighted by molar-refractivity contribution is 5.96. The molecular formula is C12H20N2O2. The topological polar surface area (TPSA) is 44.1 Å². The standard InChI is InChI=1S/C12H20N2O2/c1-5-14-8-7-13-12(14)10(15)11(9(3)4)16-6-2/h7-9,11H,5-6H2,1-4H3. The maximum atomic E-state index is 12.2. The number of Topliss-reactive ketones (excluding diaryl/α,β-unsaturated/α-hetero) is 1. The molecule has 1 aromatic heterocycles. The maximum Gasteiger partial charge on any atom is 0.227 e. The monoisotopic (exact) mass is 224 g/mol. The molecule has 1 heterocycles. The molecule has 1 unspecified atom stereocenters. The van der Waals surface area contributed by atoms with E-state index in [-0.39, 0.29) is 11.7 Å². The molecule has 1 aromatic rings. The van der Waals surface area contributed by atoms with Crippen LogP contribution < -0.4 is 0 Å². The van der Waals surface area contributed by atoms with Crippen molar-refractivity contribution in [3.8, 4) is 0 Å². The van der Waals surface area contributed by atoms with E-state index in [1.54, 1.807) is 6.20 Å². The minimum atomic E-state index is -0.391. The molecule has 0 radical (unpaired) electrons. The Hall–Kier alpha value is -1.16. The molecule has 1 atom stereocenters. The van der Waals surface area contributed by atoms with Crippen molar-refractivity contribution in [2.45, 2.75) is 40.3 Å². The van der Waals surface area contributed by atoms with Gasteiger partial charge in [-0.3, -0.25) is 4.79 Å². The lowest BCUT2D eigenvalue weighted by Gasteiger charge is -2.19. The Morgan fingerprint density at radius 2 is 2.19 bits per heavy atom. The van der Waals surface area contributed by atoms with Gasteiger partial charge in [0.15, 0.2) is 5.82 Å². The molecule has 0 aliphatic rings. The average molecular weight is 224 g/mol. The van der Waals surface area contributed by atoms with Crippen LogP contribution in [0.2, 0.25) is 0 Å². The Kier molecular flexibility index (Phi) is 4.68. The fourth-order valence-electron chi connectivity index (χ4n) is 1.67. The second-order valence-corrected chi connectivity index (χ2v) is 4.02. The first kappa shape index (κ1) is 12.9. The van der Waals surface area contributed by atoms with Gasteiger partial charge in [0.2, 0.25) is 5.78 Å². The number of hydrogen-bond donors (Lipinski definition) is 0.